The lowest BCUT2D eigenvalue weighted by Gasteiger charge is -2.01. The van der Waals surface area contributed by atoms with E-state index in [0.29, 0.717) is 5.69 Å². The first-order chi connectivity index (χ1) is 9.24. The molecule has 5 heteroatoms. The van der Waals surface area contributed by atoms with Crippen molar-refractivity contribution in [3.05, 3.63) is 52.7 Å². The Balaban J connectivity index is 1.74. The molecule has 0 saturated heterocycles. The summed E-state index contributed by atoms with van der Waals surface area (Å²) in [5, 5.41) is 6.78. The number of rotatable bonds is 3. The molecule has 0 aliphatic carbocycles. The largest absolute Gasteiger partial charge is 0.455 e. The zero-order chi connectivity index (χ0) is 13.2. The molecule has 4 nitrogen and oxygen atoms in total. The third-order valence-electron chi connectivity index (χ3n) is 2.75. The maximum absolute atomic E-state index is 11.7. The van der Waals surface area contributed by atoms with Crippen molar-refractivity contribution in [3.63, 3.8) is 0 Å². The fourth-order valence-corrected chi connectivity index (χ4v) is 2.77. The van der Waals surface area contributed by atoms with Crippen LogP contribution in [0.4, 0.5) is 0 Å². The molecule has 0 N–H and O–H groups in total. The lowest BCUT2D eigenvalue weighted by molar-refractivity contribution is 0.0428. The van der Waals surface area contributed by atoms with E-state index in [0.717, 1.165) is 10.9 Å². The zero-order valence-corrected chi connectivity index (χ0v) is 11.1. The molecule has 0 aliphatic rings. The standard InChI is InChI=1S/C14H11NO3S/c1-9-6-12(18-15-9)14(16)17-7-10-8-19-13-5-3-2-4-11(10)13/h2-6,8H,7H2,1H3. The SMILES string of the molecule is Cc1cc(C(=O)OCc2csc3ccccc23)on1. The summed E-state index contributed by atoms with van der Waals surface area (Å²) in [6.45, 7) is 2.00. The monoisotopic (exact) mass is 273 g/mol. The molecule has 2 aromatic heterocycles. The molecule has 0 unspecified atom stereocenters. The summed E-state index contributed by atoms with van der Waals surface area (Å²) in [5.41, 5.74) is 1.66. The van der Waals surface area contributed by atoms with Gasteiger partial charge in [-0.1, -0.05) is 23.4 Å². The molecule has 0 radical (unpaired) electrons. The van der Waals surface area contributed by atoms with Crippen LogP contribution >= 0.6 is 11.3 Å². The molecule has 0 atom stereocenters. The van der Waals surface area contributed by atoms with Crippen LogP contribution in [0.5, 0.6) is 0 Å². The summed E-state index contributed by atoms with van der Waals surface area (Å²) >= 11 is 1.64. The molecular formula is C14H11NO3S. The number of aromatic nitrogens is 1. The third-order valence-corrected chi connectivity index (χ3v) is 3.76. The van der Waals surface area contributed by atoms with Crippen LogP contribution in [0, 0.1) is 6.92 Å². The van der Waals surface area contributed by atoms with E-state index in [9.17, 15) is 4.79 Å². The van der Waals surface area contributed by atoms with E-state index in [2.05, 4.69) is 5.16 Å². The second-order valence-electron chi connectivity index (χ2n) is 4.17. The van der Waals surface area contributed by atoms with Gasteiger partial charge in [0.05, 0.1) is 5.69 Å². The van der Waals surface area contributed by atoms with Crippen molar-refractivity contribution < 1.29 is 14.1 Å². The molecule has 19 heavy (non-hydrogen) atoms. The van der Waals surface area contributed by atoms with E-state index in [1.54, 1.807) is 24.3 Å². The van der Waals surface area contributed by atoms with Gasteiger partial charge in [0.15, 0.2) is 0 Å². The second-order valence-corrected chi connectivity index (χ2v) is 5.08. The molecular weight excluding hydrogens is 262 g/mol. The van der Waals surface area contributed by atoms with Crippen LogP contribution < -0.4 is 0 Å². The molecule has 0 amide bonds. The highest BCUT2D eigenvalue weighted by Crippen LogP contribution is 2.26. The third kappa shape index (κ3) is 2.37. The zero-order valence-electron chi connectivity index (χ0n) is 10.3. The molecule has 1 aromatic carbocycles. The summed E-state index contributed by atoms with van der Waals surface area (Å²) in [7, 11) is 0. The lowest BCUT2D eigenvalue weighted by Crippen LogP contribution is -2.03. The summed E-state index contributed by atoms with van der Waals surface area (Å²) in [6, 6.07) is 9.60. The van der Waals surface area contributed by atoms with Gasteiger partial charge in [0, 0.05) is 16.3 Å². The Morgan fingerprint density at radius 3 is 3.05 bits per heavy atom. The Kier molecular flexibility index (Phi) is 3.05. The predicted octanol–water partition coefficient (Wildman–Crippen LogP) is 3.55. The van der Waals surface area contributed by atoms with Crippen LogP contribution in [0.25, 0.3) is 10.1 Å². The Hall–Kier alpha value is -2.14. The number of nitrogens with zero attached hydrogens (tertiary/aromatic N) is 1. The molecule has 2 heterocycles. The normalized spacial score (nSPS) is 10.8. The molecule has 0 spiro atoms. The smallest absolute Gasteiger partial charge is 0.377 e. The average molecular weight is 273 g/mol. The van der Waals surface area contributed by atoms with Gasteiger partial charge in [0.25, 0.3) is 0 Å². The number of benzene rings is 1. The van der Waals surface area contributed by atoms with E-state index in [1.165, 1.54) is 4.70 Å². The van der Waals surface area contributed by atoms with Gasteiger partial charge in [-0.2, -0.15) is 0 Å². The van der Waals surface area contributed by atoms with Crippen molar-refractivity contribution in [2.45, 2.75) is 13.5 Å². The minimum atomic E-state index is -0.490. The number of hydrogen-bond acceptors (Lipinski definition) is 5. The van der Waals surface area contributed by atoms with E-state index < -0.39 is 5.97 Å². The molecule has 3 aromatic rings. The molecule has 0 fully saturated rings. The number of esters is 1. The Morgan fingerprint density at radius 1 is 1.42 bits per heavy atom. The van der Waals surface area contributed by atoms with Gasteiger partial charge in [-0.05, 0) is 23.8 Å². The van der Waals surface area contributed by atoms with E-state index in [-0.39, 0.29) is 12.4 Å². The van der Waals surface area contributed by atoms with E-state index in [4.69, 9.17) is 9.26 Å². The minimum absolute atomic E-state index is 0.136. The van der Waals surface area contributed by atoms with Crippen molar-refractivity contribution >= 4 is 27.4 Å². The first kappa shape index (κ1) is 11.9. The van der Waals surface area contributed by atoms with Crippen LogP contribution in [0.2, 0.25) is 0 Å². The van der Waals surface area contributed by atoms with Crippen molar-refractivity contribution in [2.24, 2.45) is 0 Å². The van der Waals surface area contributed by atoms with Crippen molar-refractivity contribution in [1.29, 1.82) is 0 Å². The second kappa shape index (κ2) is 4.85. The molecule has 0 aliphatic heterocycles. The number of thiophene rings is 1. The number of carbonyl (C=O) groups is 1. The van der Waals surface area contributed by atoms with Crippen molar-refractivity contribution in [1.82, 2.24) is 5.16 Å². The number of aryl methyl sites for hydroxylation is 1. The average Bonchev–Trinajstić information content (AvgIpc) is 3.02. The maximum atomic E-state index is 11.7. The van der Waals surface area contributed by atoms with Gasteiger partial charge in [-0.25, -0.2) is 4.79 Å². The quantitative estimate of drug-likeness (QED) is 0.685. The summed E-state index contributed by atoms with van der Waals surface area (Å²) in [5.74, 6) is -0.354. The van der Waals surface area contributed by atoms with Gasteiger partial charge >= 0.3 is 5.97 Å². The summed E-state index contributed by atoms with van der Waals surface area (Å²) in [4.78, 5) is 11.7. The van der Waals surface area contributed by atoms with E-state index in [1.807, 2.05) is 29.6 Å². The predicted molar refractivity (Wildman–Crippen MR) is 72.2 cm³/mol. The fourth-order valence-electron chi connectivity index (χ4n) is 1.82. The van der Waals surface area contributed by atoms with Crippen LogP contribution in [-0.2, 0) is 11.3 Å². The van der Waals surface area contributed by atoms with Crippen molar-refractivity contribution in [3.8, 4) is 0 Å². The van der Waals surface area contributed by atoms with Crippen LogP contribution in [0.15, 0.2) is 40.2 Å². The first-order valence-corrected chi connectivity index (χ1v) is 6.67. The number of hydrogen-bond donors (Lipinski definition) is 0. The number of ether oxygens (including phenoxy) is 1. The Bertz CT molecular complexity index is 729. The Morgan fingerprint density at radius 2 is 2.26 bits per heavy atom. The molecule has 0 saturated carbocycles. The van der Waals surface area contributed by atoms with Crippen molar-refractivity contribution in [2.75, 3.05) is 0 Å². The first-order valence-electron chi connectivity index (χ1n) is 5.79. The minimum Gasteiger partial charge on any atom is -0.455 e. The van der Waals surface area contributed by atoms with Crippen LogP contribution in [0.1, 0.15) is 21.8 Å². The van der Waals surface area contributed by atoms with E-state index >= 15 is 0 Å². The highest BCUT2D eigenvalue weighted by molar-refractivity contribution is 7.17. The topological polar surface area (TPSA) is 52.3 Å². The summed E-state index contributed by atoms with van der Waals surface area (Å²) < 4.78 is 11.3. The lowest BCUT2D eigenvalue weighted by atomic mass is 10.2. The van der Waals surface area contributed by atoms with Gasteiger partial charge in [-0.15, -0.1) is 11.3 Å². The number of fused-ring (bicyclic) bond motifs is 1. The van der Waals surface area contributed by atoms with Gasteiger partial charge in [0.1, 0.15) is 6.61 Å². The highest BCUT2D eigenvalue weighted by atomic mass is 32.1. The maximum Gasteiger partial charge on any atom is 0.377 e. The fraction of sp³-hybridized carbons (Fsp3) is 0.143. The molecule has 0 bridgehead atoms. The van der Waals surface area contributed by atoms with Gasteiger partial charge < -0.3 is 9.26 Å². The van der Waals surface area contributed by atoms with Gasteiger partial charge in [-0.3, -0.25) is 0 Å². The highest BCUT2D eigenvalue weighted by Gasteiger charge is 2.14. The summed E-state index contributed by atoms with van der Waals surface area (Å²) in [6.07, 6.45) is 0. The van der Waals surface area contributed by atoms with Crippen LogP contribution in [0.3, 0.4) is 0 Å². The Labute approximate surface area is 113 Å². The van der Waals surface area contributed by atoms with Crippen LogP contribution in [-0.4, -0.2) is 11.1 Å². The molecule has 96 valence electrons. The van der Waals surface area contributed by atoms with Gasteiger partial charge in [0.2, 0.25) is 5.76 Å². The molecule has 3 rings (SSSR count). The number of carbonyl (C=O) groups excluding carboxylic acids is 1.